The lowest BCUT2D eigenvalue weighted by Gasteiger charge is -2.11. The number of unbranched alkanes of at least 4 members (excludes halogenated alkanes) is 1. The second kappa shape index (κ2) is 10.7. The summed E-state index contributed by atoms with van der Waals surface area (Å²) >= 11 is 3.45. The van der Waals surface area contributed by atoms with Gasteiger partial charge < -0.3 is 9.30 Å². The molecule has 6 nitrogen and oxygen atoms in total. The van der Waals surface area contributed by atoms with Crippen LogP contribution in [0.2, 0.25) is 0 Å². The molecule has 0 spiro atoms. The first-order valence-electron chi connectivity index (χ1n) is 11.5. The molecule has 0 N–H and O–H groups in total. The summed E-state index contributed by atoms with van der Waals surface area (Å²) < 4.78 is 9.89. The molecule has 0 aliphatic rings. The molecule has 4 rings (SSSR count). The Morgan fingerprint density at radius 3 is 2.66 bits per heavy atom. The number of rotatable bonds is 8. The van der Waals surface area contributed by atoms with Crippen LogP contribution < -0.4 is 10.3 Å². The van der Waals surface area contributed by atoms with Gasteiger partial charge in [0.1, 0.15) is 18.2 Å². The number of hydrogen-bond donors (Lipinski definition) is 0. The molecule has 0 aliphatic heterocycles. The number of aromatic nitrogens is 3. The minimum absolute atomic E-state index is 0.171. The predicted molar refractivity (Wildman–Crippen MR) is 145 cm³/mol. The van der Waals surface area contributed by atoms with Crippen molar-refractivity contribution in [3.05, 3.63) is 86.1 Å². The fourth-order valence-electron chi connectivity index (χ4n) is 4.06. The van der Waals surface area contributed by atoms with Crippen LogP contribution in [-0.4, -0.2) is 27.0 Å². The molecule has 178 valence electrons. The van der Waals surface area contributed by atoms with E-state index in [4.69, 9.17) is 16.1 Å². The highest BCUT2D eigenvalue weighted by Crippen LogP contribution is 2.22. The quantitative estimate of drug-likeness (QED) is 0.213. The Kier molecular flexibility index (Phi) is 7.52. The predicted octanol–water partition coefficient (Wildman–Crippen LogP) is 5.80. The van der Waals surface area contributed by atoms with E-state index >= 15 is 0 Å². The minimum atomic E-state index is -0.171. The third-order valence-electron chi connectivity index (χ3n) is 5.83. The van der Waals surface area contributed by atoms with Crippen LogP contribution >= 0.6 is 15.9 Å². The average Bonchev–Trinajstić information content (AvgIpc) is 3.14. The fraction of sp³-hybridized carbons (Fsp3) is 0.250. The van der Waals surface area contributed by atoms with E-state index in [1.807, 2.05) is 50.2 Å². The van der Waals surface area contributed by atoms with Crippen molar-refractivity contribution < 1.29 is 4.74 Å². The first-order valence-corrected chi connectivity index (χ1v) is 12.3. The summed E-state index contributed by atoms with van der Waals surface area (Å²) in [5.74, 6) is 3.86. The second-order valence-corrected chi connectivity index (χ2v) is 9.22. The maximum Gasteiger partial charge on any atom is 0.282 e. The highest BCUT2D eigenvalue weighted by Gasteiger charge is 2.13. The molecule has 2 heterocycles. The lowest BCUT2D eigenvalue weighted by molar-refractivity contribution is 0.370. The molecule has 0 aliphatic carbocycles. The van der Waals surface area contributed by atoms with Crippen LogP contribution in [0, 0.1) is 26.2 Å². The summed E-state index contributed by atoms with van der Waals surface area (Å²) in [6.07, 6.45) is 9.63. The van der Waals surface area contributed by atoms with Gasteiger partial charge in [-0.3, -0.25) is 4.79 Å². The van der Waals surface area contributed by atoms with Gasteiger partial charge >= 0.3 is 0 Å². The van der Waals surface area contributed by atoms with Crippen molar-refractivity contribution >= 4 is 33.0 Å². The van der Waals surface area contributed by atoms with Crippen LogP contribution in [0.25, 0.3) is 16.6 Å². The number of halogens is 1. The standard InChI is InChI=1S/C28H27BrN4O2/c1-5-7-8-27-31-26-14-9-22(29)17-25(26)28(34)33(27)30-18-21-16-19(3)32(20(21)4)23-10-12-24(13-11-23)35-15-6-2/h2,9-14,16-18H,5,7-8,15H2,1,3-4H3. The van der Waals surface area contributed by atoms with Crippen LogP contribution in [0.5, 0.6) is 5.75 Å². The zero-order valence-corrected chi connectivity index (χ0v) is 21.7. The van der Waals surface area contributed by atoms with Crippen molar-refractivity contribution in [2.24, 2.45) is 5.10 Å². The first-order chi connectivity index (χ1) is 16.9. The molecule has 0 unspecified atom stereocenters. The van der Waals surface area contributed by atoms with E-state index in [0.717, 1.165) is 45.7 Å². The lowest BCUT2D eigenvalue weighted by atomic mass is 10.2. The summed E-state index contributed by atoms with van der Waals surface area (Å²) in [6, 6.07) is 15.4. The van der Waals surface area contributed by atoms with E-state index in [1.165, 1.54) is 4.68 Å². The first kappa shape index (κ1) is 24.5. The zero-order valence-electron chi connectivity index (χ0n) is 20.1. The average molecular weight is 531 g/mol. The fourth-order valence-corrected chi connectivity index (χ4v) is 4.42. The third-order valence-corrected chi connectivity index (χ3v) is 6.32. The van der Waals surface area contributed by atoms with Crippen LogP contribution in [0.15, 0.2) is 62.9 Å². The molecular weight excluding hydrogens is 504 g/mol. The van der Waals surface area contributed by atoms with Crippen molar-refractivity contribution in [3.8, 4) is 23.8 Å². The Labute approximate surface area is 213 Å². The molecule has 7 heteroatoms. The normalized spacial score (nSPS) is 11.3. The van der Waals surface area contributed by atoms with E-state index in [0.29, 0.717) is 23.1 Å². The third kappa shape index (κ3) is 5.23. The summed E-state index contributed by atoms with van der Waals surface area (Å²) in [7, 11) is 0. The van der Waals surface area contributed by atoms with Gasteiger partial charge in [0, 0.05) is 33.5 Å². The van der Waals surface area contributed by atoms with Gasteiger partial charge in [-0.05, 0) is 68.8 Å². The maximum absolute atomic E-state index is 13.3. The van der Waals surface area contributed by atoms with Crippen LogP contribution in [-0.2, 0) is 6.42 Å². The van der Waals surface area contributed by atoms with Gasteiger partial charge in [0.15, 0.2) is 0 Å². The molecule has 2 aromatic carbocycles. The van der Waals surface area contributed by atoms with Crippen LogP contribution in [0.3, 0.4) is 0 Å². The van der Waals surface area contributed by atoms with E-state index < -0.39 is 0 Å². The van der Waals surface area contributed by atoms with Gasteiger partial charge in [0.05, 0.1) is 17.1 Å². The van der Waals surface area contributed by atoms with Crippen molar-refractivity contribution in [2.75, 3.05) is 6.61 Å². The lowest BCUT2D eigenvalue weighted by Crippen LogP contribution is -2.22. The van der Waals surface area contributed by atoms with Gasteiger partial charge in [-0.25, -0.2) is 4.98 Å². The molecule has 2 aromatic heterocycles. The number of benzene rings is 2. The molecule has 35 heavy (non-hydrogen) atoms. The number of terminal acetylenes is 1. The smallest absolute Gasteiger partial charge is 0.282 e. The Hall–Kier alpha value is -3.63. The maximum atomic E-state index is 13.3. The summed E-state index contributed by atoms with van der Waals surface area (Å²) in [5.41, 5.74) is 4.52. The van der Waals surface area contributed by atoms with E-state index in [9.17, 15) is 4.79 Å². The molecule has 0 amide bonds. The SMILES string of the molecule is C#CCOc1ccc(-n2c(C)cc(C=Nn3c(CCCC)nc4ccc(Br)cc4c3=O)c2C)cc1. The topological polar surface area (TPSA) is 61.4 Å². The van der Waals surface area contributed by atoms with Gasteiger partial charge in [0.2, 0.25) is 0 Å². The van der Waals surface area contributed by atoms with Crippen molar-refractivity contribution in [1.82, 2.24) is 14.2 Å². The molecular formula is C28H27BrN4O2. The zero-order chi connectivity index (χ0) is 24.9. The van der Waals surface area contributed by atoms with E-state index in [2.05, 4.69) is 44.5 Å². The highest BCUT2D eigenvalue weighted by molar-refractivity contribution is 9.10. The van der Waals surface area contributed by atoms with Crippen molar-refractivity contribution in [1.29, 1.82) is 0 Å². The Morgan fingerprint density at radius 1 is 1.17 bits per heavy atom. The Bertz CT molecular complexity index is 1490. The summed E-state index contributed by atoms with van der Waals surface area (Å²) in [5, 5.41) is 5.15. The summed E-state index contributed by atoms with van der Waals surface area (Å²) in [4.78, 5) is 18.1. The molecule has 4 aromatic rings. The Balaban J connectivity index is 1.72. The molecule has 0 bridgehead atoms. The van der Waals surface area contributed by atoms with E-state index in [-0.39, 0.29) is 12.2 Å². The van der Waals surface area contributed by atoms with Gasteiger partial charge in [-0.15, -0.1) is 6.42 Å². The van der Waals surface area contributed by atoms with Gasteiger partial charge in [-0.2, -0.15) is 9.78 Å². The number of hydrogen-bond acceptors (Lipinski definition) is 4. The number of ether oxygens (including phenoxy) is 1. The van der Waals surface area contributed by atoms with Crippen molar-refractivity contribution in [3.63, 3.8) is 0 Å². The number of aryl methyl sites for hydroxylation is 2. The molecule has 0 saturated heterocycles. The number of nitrogens with zero attached hydrogens (tertiary/aromatic N) is 4. The summed E-state index contributed by atoms with van der Waals surface area (Å²) in [6.45, 7) is 6.43. The van der Waals surface area contributed by atoms with Crippen LogP contribution in [0.4, 0.5) is 0 Å². The van der Waals surface area contributed by atoms with Crippen molar-refractivity contribution in [2.45, 2.75) is 40.0 Å². The van der Waals surface area contributed by atoms with Gasteiger partial charge in [-0.1, -0.05) is 35.2 Å². The Morgan fingerprint density at radius 2 is 1.94 bits per heavy atom. The highest BCUT2D eigenvalue weighted by atomic mass is 79.9. The monoisotopic (exact) mass is 530 g/mol. The molecule has 0 radical (unpaired) electrons. The van der Waals surface area contributed by atoms with Gasteiger partial charge in [0.25, 0.3) is 5.56 Å². The van der Waals surface area contributed by atoms with E-state index in [1.54, 1.807) is 12.3 Å². The minimum Gasteiger partial charge on any atom is -0.481 e. The number of fused-ring (bicyclic) bond motifs is 1. The molecule has 0 atom stereocenters. The molecule has 0 saturated carbocycles. The largest absolute Gasteiger partial charge is 0.481 e. The van der Waals surface area contributed by atoms with Crippen LogP contribution in [0.1, 0.15) is 42.5 Å². The molecule has 0 fully saturated rings. The second-order valence-electron chi connectivity index (χ2n) is 8.30.